The third-order valence-electron chi connectivity index (χ3n) is 12.1. The van der Waals surface area contributed by atoms with Crippen LogP contribution in [-0.4, -0.2) is 34.6 Å². The Bertz CT molecular complexity index is 677. The van der Waals surface area contributed by atoms with E-state index in [9.17, 15) is 10.2 Å². The van der Waals surface area contributed by atoms with Crippen LogP contribution in [0.2, 0.25) is 0 Å². The molecule has 5 rings (SSSR count). The first-order valence-electron chi connectivity index (χ1n) is 13.6. The summed E-state index contributed by atoms with van der Waals surface area (Å²) < 4.78 is 6.00. The van der Waals surface area contributed by atoms with Crippen LogP contribution in [-0.2, 0) is 4.74 Å². The summed E-state index contributed by atoms with van der Waals surface area (Å²) in [4.78, 5) is 0. The molecule has 0 radical (unpaired) electrons. The smallest absolute Gasteiger partial charge is 0.0847 e. The normalized spacial score (nSPS) is 52.4. The molecule has 4 saturated carbocycles. The molecule has 1 saturated heterocycles. The highest BCUT2D eigenvalue weighted by Crippen LogP contribution is 2.69. The van der Waals surface area contributed by atoms with Gasteiger partial charge in [0.1, 0.15) is 0 Å². The molecule has 0 aromatic carbocycles. The van der Waals surface area contributed by atoms with Crippen LogP contribution in [0.5, 0.6) is 0 Å². The monoisotopic (exact) mass is 432 g/mol. The van der Waals surface area contributed by atoms with Crippen LogP contribution in [0.1, 0.15) is 92.9 Å². The highest BCUT2D eigenvalue weighted by atomic mass is 16.6. The van der Waals surface area contributed by atoms with Gasteiger partial charge in [0.15, 0.2) is 0 Å². The van der Waals surface area contributed by atoms with Crippen molar-refractivity contribution in [3.8, 4) is 0 Å². The number of aliphatic hydroxyl groups excluding tert-OH is 2. The summed E-state index contributed by atoms with van der Waals surface area (Å²) in [5, 5.41) is 22.1. The van der Waals surface area contributed by atoms with E-state index in [4.69, 9.17) is 4.74 Å². The van der Waals surface area contributed by atoms with Crippen LogP contribution in [0.15, 0.2) is 0 Å². The largest absolute Gasteiger partial charge is 0.390 e. The second-order valence-electron chi connectivity index (χ2n) is 13.5. The quantitative estimate of drug-likeness (QED) is 0.550. The Balaban J connectivity index is 1.33. The van der Waals surface area contributed by atoms with Gasteiger partial charge in [-0.3, -0.25) is 0 Å². The Morgan fingerprint density at radius 3 is 2.23 bits per heavy atom. The second kappa shape index (κ2) is 7.70. The van der Waals surface area contributed by atoms with Gasteiger partial charge in [-0.15, -0.1) is 0 Å². The molecule has 178 valence electrons. The Morgan fingerprint density at radius 1 is 0.806 bits per heavy atom. The number of fused-ring (bicyclic) bond motifs is 6. The Hall–Kier alpha value is -0.120. The summed E-state index contributed by atoms with van der Waals surface area (Å²) in [7, 11) is 0. The Labute approximate surface area is 190 Å². The van der Waals surface area contributed by atoms with E-state index in [0.717, 1.165) is 23.7 Å². The minimum Gasteiger partial charge on any atom is -0.390 e. The van der Waals surface area contributed by atoms with Crippen molar-refractivity contribution in [3.63, 3.8) is 0 Å². The van der Waals surface area contributed by atoms with E-state index < -0.39 is 12.2 Å². The minimum absolute atomic E-state index is 0.133. The number of epoxide rings is 1. The molecule has 3 heteroatoms. The molecule has 0 bridgehead atoms. The predicted octanol–water partition coefficient (Wildman–Crippen LogP) is 5.67. The van der Waals surface area contributed by atoms with Gasteiger partial charge in [-0.1, -0.05) is 41.5 Å². The summed E-state index contributed by atoms with van der Waals surface area (Å²) >= 11 is 0. The Morgan fingerprint density at radius 2 is 1.52 bits per heavy atom. The van der Waals surface area contributed by atoms with E-state index in [1.807, 2.05) is 0 Å². The lowest BCUT2D eigenvalue weighted by atomic mass is 9.44. The average Bonchev–Trinajstić information content (AvgIpc) is 3.38. The van der Waals surface area contributed by atoms with Crippen molar-refractivity contribution in [1.29, 1.82) is 0 Å². The van der Waals surface area contributed by atoms with Crippen LogP contribution in [0.25, 0.3) is 0 Å². The predicted molar refractivity (Wildman–Crippen MR) is 124 cm³/mol. The first-order valence-corrected chi connectivity index (χ1v) is 13.6. The molecule has 13 atom stereocenters. The van der Waals surface area contributed by atoms with Crippen LogP contribution >= 0.6 is 0 Å². The van der Waals surface area contributed by atoms with E-state index in [2.05, 4.69) is 41.5 Å². The summed E-state index contributed by atoms with van der Waals surface area (Å²) in [6, 6.07) is 0. The lowest BCUT2D eigenvalue weighted by molar-refractivity contribution is -0.123. The number of aliphatic hydroxyl groups is 2. The van der Waals surface area contributed by atoms with E-state index in [1.54, 1.807) is 0 Å². The van der Waals surface area contributed by atoms with Crippen LogP contribution in [0, 0.1) is 58.2 Å². The first kappa shape index (κ1) is 22.7. The van der Waals surface area contributed by atoms with E-state index in [-0.39, 0.29) is 11.8 Å². The van der Waals surface area contributed by atoms with Gasteiger partial charge in [0.05, 0.1) is 24.4 Å². The standard InChI is InChI=1S/C28H48O3/c1-15(2)16(3)25(29)26(30)17(4)20-9-10-21-19-8-7-18-13-23-24(31-23)14-28(18,6)22(19)11-12-27(20,21)5/h15-26,29-30H,7-14H2,1-6H3. The molecule has 13 unspecified atom stereocenters. The van der Waals surface area contributed by atoms with E-state index >= 15 is 0 Å². The fourth-order valence-electron chi connectivity index (χ4n) is 9.68. The highest BCUT2D eigenvalue weighted by Gasteiger charge is 2.64. The van der Waals surface area contributed by atoms with Gasteiger partial charge >= 0.3 is 0 Å². The number of rotatable bonds is 5. The summed E-state index contributed by atoms with van der Waals surface area (Å²) in [6.45, 7) is 13.8. The molecule has 31 heavy (non-hydrogen) atoms. The van der Waals surface area contributed by atoms with Crippen molar-refractivity contribution in [3.05, 3.63) is 0 Å². The number of hydrogen-bond acceptors (Lipinski definition) is 3. The average molecular weight is 433 g/mol. The fraction of sp³-hybridized carbons (Fsp3) is 1.00. The van der Waals surface area contributed by atoms with Gasteiger partial charge in [-0.05, 0) is 110 Å². The molecule has 1 aliphatic heterocycles. The van der Waals surface area contributed by atoms with Crippen molar-refractivity contribution in [1.82, 2.24) is 0 Å². The van der Waals surface area contributed by atoms with Gasteiger partial charge in [-0.2, -0.15) is 0 Å². The third-order valence-corrected chi connectivity index (χ3v) is 12.1. The molecular weight excluding hydrogens is 384 g/mol. The molecule has 0 aromatic heterocycles. The van der Waals surface area contributed by atoms with Crippen molar-refractivity contribution >= 4 is 0 Å². The maximum atomic E-state index is 11.2. The molecule has 0 spiro atoms. The van der Waals surface area contributed by atoms with E-state index in [0.29, 0.717) is 34.9 Å². The molecule has 5 aliphatic rings. The summed E-state index contributed by atoms with van der Waals surface area (Å²) in [5.41, 5.74) is 0.826. The van der Waals surface area contributed by atoms with Gasteiger partial charge in [-0.25, -0.2) is 0 Å². The van der Waals surface area contributed by atoms with Crippen molar-refractivity contribution in [2.45, 2.75) is 117 Å². The van der Waals surface area contributed by atoms with Crippen molar-refractivity contribution < 1.29 is 14.9 Å². The highest BCUT2D eigenvalue weighted by molar-refractivity contribution is 5.13. The molecule has 3 nitrogen and oxygen atoms in total. The van der Waals surface area contributed by atoms with Gasteiger partial charge in [0, 0.05) is 0 Å². The third kappa shape index (κ3) is 3.38. The molecule has 0 aromatic rings. The maximum absolute atomic E-state index is 11.2. The van der Waals surface area contributed by atoms with Gasteiger partial charge in [0.2, 0.25) is 0 Å². The van der Waals surface area contributed by atoms with Crippen LogP contribution < -0.4 is 0 Å². The zero-order valence-electron chi connectivity index (χ0n) is 20.9. The van der Waals surface area contributed by atoms with Gasteiger partial charge < -0.3 is 14.9 Å². The summed E-state index contributed by atoms with van der Waals surface area (Å²) in [6.07, 6.45) is 10.7. The van der Waals surface area contributed by atoms with Crippen LogP contribution in [0.3, 0.4) is 0 Å². The second-order valence-corrected chi connectivity index (χ2v) is 13.5. The van der Waals surface area contributed by atoms with E-state index in [1.165, 1.54) is 51.4 Å². The SMILES string of the molecule is CC(C)C(C)C(O)C(O)C(C)C1CCC2C3CCC4CC5OC5CC4(C)C3CCC12C. The molecule has 4 aliphatic carbocycles. The number of ether oxygens (including phenoxy) is 1. The molecule has 0 amide bonds. The van der Waals surface area contributed by atoms with Crippen molar-refractivity contribution in [2.24, 2.45) is 58.2 Å². The summed E-state index contributed by atoms with van der Waals surface area (Å²) in [5.74, 6) is 4.66. The van der Waals surface area contributed by atoms with Gasteiger partial charge in [0.25, 0.3) is 0 Å². The van der Waals surface area contributed by atoms with Crippen molar-refractivity contribution in [2.75, 3.05) is 0 Å². The molecule has 5 fully saturated rings. The maximum Gasteiger partial charge on any atom is 0.0847 e. The first-order chi connectivity index (χ1) is 14.6. The molecule has 2 N–H and O–H groups in total. The lowest BCUT2D eigenvalue weighted by Gasteiger charge is -2.60. The Kier molecular flexibility index (Phi) is 5.63. The lowest BCUT2D eigenvalue weighted by Crippen LogP contribution is -2.54. The molecular formula is C28H48O3. The fourth-order valence-corrected chi connectivity index (χ4v) is 9.68. The zero-order valence-corrected chi connectivity index (χ0v) is 20.9. The van der Waals surface area contributed by atoms with Crippen LogP contribution in [0.4, 0.5) is 0 Å². The number of hydrogen-bond donors (Lipinski definition) is 2. The zero-order chi connectivity index (χ0) is 22.3. The topological polar surface area (TPSA) is 53.0 Å². The minimum atomic E-state index is -0.614. The molecule has 1 heterocycles.